The Morgan fingerprint density at radius 1 is 1.04 bits per heavy atom. The second kappa shape index (κ2) is 5.76. The molecule has 0 aliphatic carbocycles. The van der Waals surface area contributed by atoms with Crippen LogP contribution in [-0.4, -0.2) is 54.3 Å². The monoisotopic (exact) mass is 345 g/mol. The molecule has 1 amide bonds. The average molecular weight is 345 g/mol. The molecule has 0 unspecified atom stereocenters. The number of likely N-dealkylation sites (tertiary alicyclic amines) is 1. The van der Waals surface area contributed by atoms with Gasteiger partial charge in [0.05, 0.1) is 12.2 Å². The van der Waals surface area contributed by atoms with Gasteiger partial charge in [-0.05, 0) is 18.2 Å². The van der Waals surface area contributed by atoms with Gasteiger partial charge in [-0.25, -0.2) is 4.68 Å². The van der Waals surface area contributed by atoms with E-state index >= 15 is 0 Å². The first-order chi connectivity index (χ1) is 12.8. The summed E-state index contributed by atoms with van der Waals surface area (Å²) in [5.41, 5.74) is 3.93. The van der Waals surface area contributed by atoms with Gasteiger partial charge in [-0.3, -0.25) is 4.79 Å². The maximum Gasteiger partial charge on any atom is 0.254 e. The lowest BCUT2D eigenvalue weighted by Crippen LogP contribution is -2.50. The van der Waals surface area contributed by atoms with E-state index < -0.39 is 0 Å². The molecule has 0 bridgehead atoms. The van der Waals surface area contributed by atoms with Crippen LogP contribution in [0.3, 0.4) is 0 Å². The van der Waals surface area contributed by atoms with Crippen molar-refractivity contribution in [2.24, 2.45) is 0 Å². The average Bonchev–Trinajstić information content (AvgIpc) is 3.30. The van der Waals surface area contributed by atoms with Crippen molar-refractivity contribution in [3.8, 4) is 11.3 Å². The molecule has 4 aromatic rings. The molecule has 5 rings (SSSR count). The highest BCUT2D eigenvalue weighted by molar-refractivity contribution is 5.97. The lowest BCUT2D eigenvalue weighted by molar-refractivity contribution is 0.0498. The van der Waals surface area contributed by atoms with Gasteiger partial charge in [-0.2, -0.15) is 15.4 Å². The van der Waals surface area contributed by atoms with Crippen LogP contribution in [0.15, 0.2) is 54.7 Å². The van der Waals surface area contributed by atoms with E-state index in [1.54, 1.807) is 23.1 Å². The molecule has 1 aliphatic heterocycles. The van der Waals surface area contributed by atoms with Gasteiger partial charge in [0, 0.05) is 24.2 Å². The van der Waals surface area contributed by atoms with Crippen LogP contribution >= 0.6 is 0 Å². The first kappa shape index (κ1) is 14.8. The van der Waals surface area contributed by atoms with Crippen molar-refractivity contribution in [3.63, 3.8) is 0 Å². The van der Waals surface area contributed by atoms with Crippen LogP contribution in [0.1, 0.15) is 16.4 Å². The Morgan fingerprint density at radius 2 is 1.85 bits per heavy atom. The van der Waals surface area contributed by atoms with Crippen molar-refractivity contribution >= 4 is 16.9 Å². The van der Waals surface area contributed by atoms with Crippen molar-refractivity contribution in [1.82, 2.24) is 35.3 Å². The Balaban J connectivity index is 1.28. The number of aromatic amines is 1. The molecule has 0 saturated carbocycles. The van der Waals surface area contributed by atoms with Gasteiger partial charge in [-0.1, -0.05) is 35.5 Å². The van der Waals surface area contributed by atoms with E-state index in [0.29, 0.717) is 24.2 Å². The van der Waals surface area contributed by atoms with Gasteiger partial charge in [-0.15, -0.1) is 5.10 Å². The first-order valence-corrected chi connectivity index (χ1v) is 8.35. The summed E-state index contributed by atoms with van der Waals surface area (Å²) >= 11 is 0. The molecule has 128 valence electrons. The SMILES string of the molecule is O=C(c1ccc2n[nH]nc2c1)N1CC(n2cc(-c3ccccc3)nn2)C1. The van der Waals surface area contributed by atoms with E-state index in [9.17, 15) is 4.79 Å². The number of benzene rings is 2. The molecule has 2 aromatic carbocycles. The Morgan fingerprint density at radius 3 is 2.69 bits per heavy atom. The molecule has 1 N–H and O–H groups in total. The van der Waals surface area contributed by atoms with Crippen molar-refractivity contribution in [1.29, 1.82) is 0 Å². The van der Waals surface area contributed by atoms with Gasteiger partial charge >= 0.3 is 0 Å². The van der Waals surface area contributed by atoms with Crippen molar-refractivity contribution in [2.75, 3.05) is 13.1 Å². The van der Waals surface area contributed by atoms with E-state index in [2.05, 4.69) is 25.7 Å². The summed E-state index contributed by atoms with van der Waals surface area (Å²) < 4.78 is 1.84. The lowest BCUT2D eigenvalue weighted by Gasteiger charge is -2.38. The molecule has 3 heterocycles. The number of fused-ring (bicyclic) bond motifs is 1. The number of carbonyl (C=O) groups excluding carboxylic acids is 1. The van der Waals surface area contributed by atoms with Gasteiger partial charge in [0.25, 0.3) is 5.91 Å². The zero-order chi connectivity index (χ0) is 17.5. The number of aromatic nitrogens is 6. The molecule has 2 aromatic heterocycles. The topological polar surface area (TPSA) is 92.6 Å². The molecule has 0 atom stereocenters. The third kappa shape index (κ3) is 2.43. The summed E-state index contributed by atoms with van der Waals surface area (Å²) in [5.74, 6) is -0.00505. The number of nitrogens with one attached hydrogen (secondary N) is 1. The Labute approximate surface area is 148 Å². The Kier molecular flexibility index (Phi) is 3.27. The fraction of sp³-hybridized carbons (Fsp3) is 0.167. The number of amides is 1. The summed E-state index contributed by atoms with van der Waals surface area (Å²) in [5, 5.41) is 19.0. The number of hydrogen-bond acceptors (Lipinski definition) is 5. The summed E-state index contributed by atoms with van der Waals surface area (Å²) in [7, 11) is 0. The van der Waals surface area contributed by atoms with E-state index in [-0.39, 0.29) is 11.9 Å². The highest BCUT2D eigenvalue weighted by Crippen LogP contribution is 2.25. The molecule has 8 nitrogen and oxygen atoms in total. The fourth-order valence-corrected chi connectivity index (χ4v) is 3.14. The molecule has 1 saturated heterocycles. The van der Waals surface area contributed by atoms with Gasteiger partial charge in [0.1, 0.15) is 16.7 Å². The first-order valence-electron chi connectivity index (χ1n) is 8.35. The van der Waals surface area contributed by atoms with Crippen molar-refractivity contribution in [3.05, 3.63) is 60.3 Å². The largest absolute Gasteiger partial charge is 0.334 e. The molecular formula is C18H15N7O. The summed E-state index contributed by atoms with van der Waals surface area (Å²) in [4.78, 5) is 14.4. The van der Waals surface area contributed by atoms with Crippen LogP contribution < -0.4 is 0 Å². The van der Waals surface area contributed by atoms with Gasteiger partial charge < -0.3 is 4.90 Å². The van der Waals surface area contributed by atoms with Crippen molar-refractivity contribution in [2.45, 2.75) is 6.04 Å². The molecular weight excluding hydrogens is 330 g/mol. The minimum Gasteiger partial charge on any atom is -0.334 e. The van der Waals surface area contributed by atoms with E-state index in [4.69, 9.17) is 0 Å². The molecule has 0 spiro atoms. The van der Waals surface area contributed by atoms with Crippen LogP contribution in [-0.2, 0) is 0 Å². The predicted octanol–water partition coefficient (Wildman–Crippen LogP) is 1.91. The molecule has 8 heteroatoms. The number of carbonyl (C=O) groups is 1. The van der Waals surface area contributed by atoms with Gasteiger partial charge in [0.15, 0.2) is 0 Å². The second-order valence-corrected chi connectivity index (χ2v) is 6.34. The maximum atomic E-state index is 12.6. The van der Waals surface area contributed by atoms with E-state index in [1.165, 1.54) is 0 Å². The molecule has 0 radical (unpaired) electrons. The van der Waals surface area contributed by atoms with Crippen LogP contribution in [0.4, 0.5) is 0 Å². The van der Waals surface area contributed by atoms with Crippen LogP contribution in [0.5, 0.6) is 0 Å². The lowest BCUT2D eigenvalue weighted by atomic mass is 10.1. The van der Waals surface area contributed by atoms with E-state index in [1.807, 2.05) is 41.2 Å². The number of rotatable bonds is 3. The third-order valence-electron chi connectivity index (χ3n) is 4.67. The van der Waals surface area contributed by atoms with Crippen molar-refractivity contribution < 1.29 is 4.79 Å². The van der Waals surface area contributed by atoms with Crippen LogP contribution in [0.25, 0.3) is 22.3 Å². The zero-order valence-electron chi connectivity index (χ0n) is 13.8. The van der Waals surface area contributed by atoms with E-state index in [0.717, 1.165) is 16.8 Å². The molecule has 26 heavy (non-hydrogen) atoms. The number of H-pyrrole nitrogens is 1. The smallest absolute Gasteiger partial charge is 0.254 e. The second-order valence-electron chi connectivity index (χ2n) is 6.34. The highest BCUT2D eigenvalue weighted by atomic mass is 16.2. The summed E-state index contributed by atoms with van der Waals surface area (Å²) in [6.45, 7) is 1.24. The standard InChI is InChI=1S/C18H15N7O/c26-18(13-6-7-15-16(8-13)20-22-19-15)24-9-14(10-24)25-11-17(21-23-25)12-4-2-1-3-5-12/h1-8,11,14H,9-10H2,(H,19,20,22). The van der Waals surface area contributed by atoms with Crippen LogP contribution in [0.2, 0.25) is 0 Å². The number of nitrogens with zero attached hydrogens (tertiary/aromatic N) is 6. The maximum absolute atomic E-state index is 12.6. The third-order valence-corrected chi connectivity index (χ3v) is 4.67. The Bertz CT molecular complexity index is 1080. The molecule has 1 fully saturated rings. The Hall–Kier alpha value is -3.55. The highest BCUT2D eigenvalue weighted by Gasteiger charge is 2.33. The minimum atomic E-state index is -0.00505. The van der Waals surface area contributed by atoms with Gasteiger partial charge in [0.2, 0.25) is 0 Å². The van der Waals surface area contributed by atoms with Crippen LogP contribution in [0, 0.1) is 0 Å². The quantitative estimate of drug-likeness (QED) is 0.612. The predicted molar refractivity (Wildman–Crippen MR) is 94.3 cm³/mol. The molecule has 1 aliphatic rings. The summed E-state index contributed by atoms with van der Waals surface area (Å²) in [6.07, 6.45) is 1.93. The fourth-order valence-electron chi connectivity index (χ4n) is 3.14. The minimum absolute atomic E-state index is 0.00505. The normalized spacial score (nSPS) is 14.5. The number of hydrogen-bond donors (Lipinski definition) is 1. The zero-order valence-corrected chi connectivity index (χ0v) is 13.8. The summed E-state index contributed by atoms with van der Waals surface area (Å²) in [6, 6.07) is 15.4.